The number of carbonyl (C=O) groups is 1. The summed E-state index contributed by atoms with van der Waals surface area (Å²) in [5.41, 5.74) is 0.327. The smallest absolute Gasteiger partial charge is 0.273 e. The highest BCUT2D eigenvalue weighted by molar-refractivity contribution is 7.99. The van der Waals surface area contributed by atoms with Crippen LogP contribution in [-0.4, -0.2) is 40.7 Å². The highest BCUT2D eigenvalue weighted by atomic mass is 32.2. The highest BCUT2D eigenvalue weighted by Gasteiger charge is 2.18. The second-order valence-electron chi connectivity index (χ2n) is 3.95. The monoisotopic (exact) mass is 312 g/mol. The summed E-state index contributed by atoms with van der Waals surface area (Å²) in [6, 6.07) is 3.80. The maximum absolute atomic E-state index is 12.0. The number of carbonyl (C=O) groups excluding carboxylic acids is 1. The fourth-order valence-corrected chi connectivity index (χ4v) is 3.08. The number of hydrogen-bond donors (Lipinski definition) is 2. The van der Waals surface area contributed by atoms with Crippen molar-refractivity contribution in [3.63, 3.8) is 0 Å². The van der Waals surface area contributed by atoms with Gasteiger partial charge in [0.25, 0.3) is 5.91 Å². The first kappa shape index (κ1) is 15.1. The van der Waals surface area contributed by atoms with Crippen molar-refractivity contribution in [3.8, 4) is 10.6 Å². The van der Waals surface area contributed by atoms with E-state index in [1.54, 1.807) is 11.8 Å². The van der Waals surface area contributed by atoms with Crippen LogP contribution in [0.3, 0.4) is 0 Å². The van der Waals surface area contributed by atoms with Crippen LogP contribution in [0.15, 0.2) is 28.3 Å². The summed E-state index contributed by atoms with van der Waals surface area (Å²) in [4.78, 5) is 16.9. The third-order valence-electron chi connectivity index (χ3n) is 2.51. The van der Waals surface area contributed by atoms with Crippen LogP contribution < -0.4 is 5.32 Å². The molecule has 0 bridgehead atoms. The van der Waals surface area contributed by atoms with Crippen molar-refractivity contribution in [2.75, 3.05) is 24.7 Å². The fourth-order valence-electron chi connectivity index (χ4n) is 1.58. The molecule has 0 radical (unpaired) electrons. The van der Waals surface area contributed by atoms with Crippen LogP contribution in [0.25, 0.3) is 10.6 Å². The van der Waals surface area contributed by atoms with Crippen LogP contribution in [0, 0.1) is 0 Å². The third-order valence-corrected chi connectivity index (χ3v) is 4.45. The Labute approximate surface area is 125 Å². The lowest BCUT2D eigenvalue weighted by Crippen LogP contribution is -2.26. The van der Waals surface area contributed by atoms with E-state index in [-0.39, 0.29) is 12.5 Å². The van der Waals surface area contributed by atoms with Gasteiger partial charge in [-0.1, -0.05) is 6.07 Å². The molecule has 20 heavy (non-hydrogen) atoms. The molecule has 2 aromatic rings. The maximum atomic E-state index is 12.0. The van der Waals surface area contributed by atoms with Gasteiger partial charge in [0, 0.05) is 18.9 Å². The van der Waals surface area contributed by atoms with E-state index in [0.717, 1.165) is 22.8 Å². The molecule has 108 valence electrons. The number of hydrogen-bond acceptors (Lipinski definition) is 6. The van der Waals surface area contributed by atoms with Crippen LogP contribution in [0.2, 0.25) is 0 Å². The van der Waals surface area contributed by atoms with Crippen LogP contribution in [0.4, 0.5) is 0 Å². The van der Waals surface area contributed by atoms with Gasteiger partial charge in [-0.3, -0.25) is 4.79 Å². The van der Waals surface area contributed by atoms with Gasteiger partial charge in [0.05, 0.1) is 4.88 Å². The molecular weight excluding hydrogens is 296 g/mol. The summed E-state index contributed by atoms with van der Waals surface area (Å²) in [7, 11) is 0. The van der Waals surface area contributed by atoms with Crippen LogP contribution in [0.5, 0.6) is 0 Å². The van der Waals surface area contributed by atoms with Crippen molar-refractivity contribution in [2.45, 2.75) is 6.42 Å². The van der Waals surface area contributed by atoms with Crippen molar-refractivity contribution in [1.29, 1.82) is 0 Å². The molecule has 0 atom stereocenters. The minimum Gasteiger partial charge on any atom is -0.442 e. The first-order valence-electron chi connectivity index (χ1n) is 6.27. The Kier molecular flexibility index (Phi) is 6.10. The van der Waals surface area contributed by atoms with Gasteiger partial charge in [0.1, 0.15) is 0 Å². The van der Waals surface area contributed by atoms with Gasteiger partial charge in [-0.05, 0) is 23.6 Å². The summed E-state index contributed by atoms with van der Waals surface area (Å²) in [5, 5.41) is 13.4. The Balaban J connectivity index is 1.83. The first-order chi connectivity index (χ1) is 9.83. The lowest BCUT2D eigenvalue weighted by Gasteiger charge is -2.03. The molecule has 2 heterocycles. The normalized spacial score (nSPS) is 10.7. The number of aromatic nitrogens is 1. The number of thioether (sulfide) groups is 1. The number of aliphatic hydroxyl groups is 1. The molecule has 2 N–H and O–H groups in total. The van der Waals surface area contributed by atoms with E-state index < -0.39 is 0 Å². The molecule has 7 heteroatoms. The minimum absolute atomic E-state index is 0.211. The number of thiophene rings is 1. The van der Waals surface area contributed by atoms with Crippen molar-refractivity contribution < 1.29 is 14.3 Å². The van der Waals surface area contributed by atoms with E-state index in [2.05, 4.69) is 10.3 Å². The number of oxazole rings is 1. The zero-order valence-electron chi connectivity index (χ0n) is 10.9. The molecule has 0 saturated carbocycles. The Morgan fingerprint density at radius 2 is 2.40 bits per heavy atom. The number of rotatable bonds is 8. The molecule has 5 nitrogen and oxygen atoms in total. The topological polar surface area (TPSA) is 75.4 Å². The maximum Gasteiger partial charge on any atom is 0.273 e. The van der Waals surface area contributed by atoms with Gasteiger partial charge in [0.15, 0.2) is 17.8 Å². The molecule has 0 spiro atoms. The second kappa shape index (κ2) is 8.08. The van der Waals surface area contributed by atoms with Crippen LogP contribution >= 0.6 is 23.1 Å². The second-order valence-corrected chi connectivity index (χ2v) is 6.13. The average Bonchev–Trinajstić information content (AvgIpc) is 3.11. The molecule has 1 amide bonds. The van der Waals surface area contributed by atoms with Crippen molar-refractivity contribution >= 4 is 29.0 Å². The quantitative estimate of drug-likeness (QED) is 0.731. The third kappa shape index (κ3) is 4.09. The largest absolute Gasteiger partial charge is 0.442 e. The van der Waals surface area contributed by atoms with Gasteiger partial charge in [-0.25, -0.2) is 4.98 Å². The summed E-state index contributed by atoms with van der Waals surface area (Å²) in [6.07, 6.45) is 2.07. The van der Waals surface area contributed by atoms with Gasteiger partial charge in [0.2, 0.25) is 0 Å². The predicted molar refractivity (Wildman–Crippen MR) is 81.2 cm³/mol. The Bertz CT molecular complexity index is 525. The average molecular weight is 312 g/mol. The summed E-state index contributed by atoms with van der Waals surface area (Å²) >= 11 is 3.21. The molecule has 0 unspecified atom stereocenters. The van der Waals surface area contributed by atoms with E-state index in [1.165, 1.54) is 17.7 Å². The molecule has 0 fully saturated rings. The van der Waals surface area contributed by atoms with Gasteiger partial charge in [-0.15, -0.1) is 11.3 Å². The zero-order valence-corrected chi connectivity index (χ0v) is 12.5. The molecule has 0 aliphatic carbocycles. The molecule has 0 saturated heterocycles. The van der Waals surface area contributed by atoms with Crippen molar-refractivity contribution in [1.82, 2.24) is 10.3 Å². The summed E-state index contributed by atoms with van der Waals surface area (Å²) in [6.45, 7) is 0.786. The lowest BCUT2D eigenvalue weighted by atomic mass is 10.3. The number of nitrogens with zero attached hydrogens (tertiary/aromatic N) is 1. The molecule has 0 aliphatic rings. The number of amides is 1. The van der Waals surface area contributed by atoms with Crippen LogP contribution in [-0.2, 0) is 0 Å². The summed E-state index contributed by atoms with van der Waals surface area (Å²) < 4.78 is 5.30. The minimum atomic E-state index is -0.218. The zero-order chi connectivity index (χ0) is 14.2. The van der Waals surface area contributed by atoms with E-state index in [9.17, 15) is 4.79 Å². The number of nitrogens with one attached hydrogen (secondary N) is 1. The Hall–Kier alpha value is -1.31. The molecule has 0 aliphatic heterocycles. The first-order valence-corrected chi connectivity index (χ1v) is 8.30. The Morgan fingerprint density at radius 1 is 1.50 bits per heavy atom. The van der Waals surface area contributed by atoms with Gasteiger partial charge >= 0.3 is 0 Å². The Morgan fingerprint density at radius 3 is 3.15 bits per heavy atom. The van der Waals surface area contributed by atoms with Gasteiger partial charge in [-0.2, -0.15) is 11.8 Å². The van der Waals surface area contributed by atoms with Crippen molar-refractivity contribution in [3.05, 3.63) is 29.6 Å². The summed E-state index contributed by atoms with van der Waals surface area (Å²) in [5.74, 6) is 2.02. The number of aliphatic hydroxyl groups excluding tert-OH is 1. The van der Waals surface area contributed by atoms with Crippen molar-refractivity contribution in [2.24, 2.45) is 0 Å². The predicted octanol–water partition coefficient (Wildman–Crippen LogP) is 2.25. The van der Waals surface area contributed by atoms with Gasteiger partial charge < -0.3 is 14.8 Å². The lowest BCUT2D eigenvalue weighted by molar-refractivity contribution is 0.0952. The van der Waals surface area contributed by atoms with E-state index in [4.69, 9.17) is 9.52 Å². The standard InChI is InChI=1S/C13H16N2O3S2/c16-5-2-6-19-8-4-14-13(17)11-12(18-9-15-11)10-3-1-7-20-10/h1,3,7,9,16H,2,4-6,8H2,(H,14,17). The van der Waals surface area contributed by atoms with Crippen LogP contribution in [0.1, 0.15) is 16.9 Å². The van der Waals surface area contributed by atoms with E-state index in [1.807, 2.05) is 17.5 Å². The fraction of sp³-hybridized carbons (Fsp3) is 0.385. The highest BCUT2D eigenvalue weighted by Crippen LogP contribution is 2.27. The molecule has 2 rings (SSSR count). The molecular formula is C13H16N2O3S2. The molecule has 0 aromatic carbocycles. The molecule has 2 aromatic heterocycles. The SMILES string of the molecule is O=C(NCCSCCCO)c1ncoc1-c1cccs1. The van der Waals surface area contributed by atoms with E-state index >= 15 is 0 Å². The van der Waals surface area contributed by atoms with E-state index in [0.29, 0.717) is 18.0 Å².